The van der Waals surface area contributed by atoms with Gasteiger partial charge in [0.1, 0.15) is 0 Å². The molecule has 0 aliphatic carbocycles. The molecule has 0 radical (unpaired) electrons. The predicted octanol–water partition coefficient (Wildman–Crippen LogP) is 0.386. The zero-order chi connectivity index (χ0) is 14.0. The molecule has 1 amide bonds. The lowest BCUT2D eigenvalue weighted by molar-refractivity contribution is -0.121. The Labute approximate surface area is 112 Å². The number of rotatable bonds is 4. The Morgan fingerprint density at radius 1 is 1.53 bits per heavy atom. The highest BCUT2D eigenvalue weighted by atomic mass is 32.2. The number of hydrogen-bond donors (Lipinski definition) is 2. The number of sulfone groups is 1. The highest BCUT2D eigenvalue weighted by Gasteiger charge is 2.22. The number of nitrogens with one attached hydrogen (secondary N) is 2. The van der Waals surface area contributed by atoms with E-state index in [2.05, 4.69) is 15.5 Å². The third-order valence-electron chi connectivity index (χ3n) is 3.22. The summed E-state index contributed by atoms with van der Waals surface area (Å²) in [7, 11) is -3.12. The van der Waals surface area contributed by atoms with Crippen molar-refractivity contribution in [3.05, 3.63) is 28.4 Å². The summed E-state index contributed by atoms with van der Waals surface area (Å²) in [6.45, 7) is 3.89. The van der Waals surface area contributed by atoms with Crippen LogP contribution in [-0.2, 0) is 21.1 Å². The predicted molar refractivity (Wildman–Crippen MR) is 71.2 cm³/mol. The Bertz CT molecular complexity index is 616. The van der Waals surface area contributed by atoms with Crippen molar-refractivity contribution in [2.45, 2.75) is 32.7 Å². The summed E-state index contributed by atoms with van der Waals surface area (Å²) >= 11 is 0. The van der Waals surface area contributed by atoms with E-state index in [0.717, 1.165) is 22.4 Å². The topological polar surface area (TPSA) is 91.9 Å². The van der Waals surface area contributed by atoms with Gasteiger partial charge in [-0.1, -0.05) is 0 Å². The van der Waals surface area contributed by atoms with Gasteiger partial charge in [0.15, 0.2) is 9.84 Å². The van der Waals surface area contributed by atoms with Crippen LogP contribution in [0.3, 0.4) is 0 Å². The van der Waals surface area contributed by atoms with Crippen molar-refractivity contribution < 1.29 is 13.2 Å². The van der Waals surface area contributed by atoms with Crippen LogP contribution >= 0.6 is 0 Å². The molecule has 1 aromatic heterocycles. The Hall–Kier alpha value is -1.63. The first-order chi connectivity index (χ1) is 8.87. The van der Waals surface area contributed by atoms with Gasteiger partial charge in [-0.05, 0) is 25.5 Å². The van der Waals surface area contributed by atoms with Gasteiger partial charge in [-0.25, -0.2) is 8.42 Å². The summed E-state index contributed by atoms with van der Waals surface area (Å²) in [5.41, 5.74) is 2.94. The molecule has 2 heterocycles. The second-order valence-electron chi connectivity index (χ2n) is 4.75. The van der Waals surface area contributed by atoms with E-state index in [1.165, 1.54) is 6.08 Å². The molecule has 0 saturated heterocycles. The minimum Gasteiger partial charge on any atom is -0.349 e. The van der Waals surface area contributed by atoms with Crippen LogP contribution in [0, 0.1) is 13.8 Å². The zero-order valence-corrected chi connectivity index (χ0v) is 11.8. The molecule has 7 heteroatoms. The van der Waals surface area contributed by atoms with E-state index in [1.54, 1.807) is 0 Å². The molecule has 2 rings (SSSR count). The Balaban J connectivity index is 1.83. The second kappa shape index (κ2) is 5.16. The number of hydrogen-bond acceptors (Lipinski definition) is 4. The van der Waals surface area contributed by atoms with E-state index in [4.69, 9.17) is 0 Å². The number of nitrogens with zero attached hydrogens (tertiary/aromatic N) is 1. The fraction of sp³-hybridized carbons (Fsp3) is 0.500. The van der Waals surface area contributed by atoms with Crippen molar-refractivity contribution in [2.24, 2.45) is 0 Å². The number of aromatic nitrogens is 2. The summed E-state index contributed by atoms with van der Waals surface area (Å²) in [6, 6.07) is -0.403. The van der Waals surface area contributed by atoms with Crippen LogP contribution in [0.2, 0.25) is 0 Å². The highest BCUT2D eigenvalue weighted by Crippen LogP contribution is 2.11. The van der Waals surface area contributed by atoms with E-state index in [9.17, 15) is 13.2 Å². The fourth-order valence-electron chi connectivity index (χ4n) is 1.96. The number of H-pyrrole nitrogens is 1. The van der Waals surface area contributed by atoms with Gasteiger partial charge in [0.2, 0.25) is 5.91 Å². The van der Waals surface area contributed by atoms with E-state index < -0.39 is 15.9 Å². The van der Waals surface area contributed by atoms with Gasteiger partial charge in [0.25, 0.3) is 0 Å². The van der Waals surface area contributed by atoms with E-state index in [-0.39, 0.29) is 11.7 Å². The van der Waals surface area contributed by atoms with Crippen molar-refractivity contribution in [2.75, 3.05) is 5.75 Å². The molecule has 0 bridgehead atoms. The SMILES string of the molecule is Cc1[nH]nc(CCC(=O)N[C@H]2C=CS(=O)(=O)C2)c1C. The van der Waals surface area contributed by atoms with Crippen LogP contribution in [0.25, 0.3) is 0 Å². The van der Waals surface area contributed by atoms with Crippen LogP contribution in [0.15, 0.2) is 11.5 Å². The first-order valence-corrected chi connectivity index (χ1v) is 7.80. The summed E-state index contributed by atoms with van der Waals surface area (Å²) in [5.74, 6) is -0.203. The number of carbonyl (C=O) groups is 1. The number of carbonyl (C=O) groups excluding carboxylic acids is 1. The number of amides is 1. The average molecular weight is 283 g/mol. The van der Waals surface area contributed by atoms with E-state index in [1.807, 2.05) is 13.8 Å². The highest BCUT2D eigenvalue weighted by molar-refractivity contribution is 7.94. The fourth-order valence-corrected chi connectivity index (χ4v) is 3.19. The van der Waals surface area contributed by atoms with E-state index in [0.29, 0.717) is 12.8 Å². The summed E-state index contributed by atoms with van der Waals surface area (Å²) in [4.78, 5) is 11.7. The van der Waals surface area contributed by atoms with Crippen molar-refractivity contribution in [1.29, 1.82) is 0 Å². The second-order valence-corrected chi connectivity index (χ2v) is 6.68. The third kappa shape index (κ3) is 3.44. The Morgan fingerprint density at radius 3 is 2.79 bits per heavy atom. The zero-order valence-electron chi connectivity index (χ0n) is 10.9. The largest absolute Gasteiger partial charge is 0.349 e. The van der Waals surface area contributed by atoms with Crippen LogP contribution in [0.4, 0.5) is 0 Å². The van der Waals surface area contributed by atoms with Crippen LogP contribution in [0.5, 0.6) is 0 Å². The summed E-state index contributed by atoms with van der Waals surface area (Å²) in [5, 5.41) is 10.8. The van der Waals surface area contributed by atoms with Crippen LogP contribution in [-0.4, -0.2) is 36.3 Å². The molecule has 104 valence electrons. The lowest BCUT2D eigenvalue weighted by Crippen LogP contribution is -2.35. The minimum absolute atomic E-state index is 0.0424. The molecule has 0 unspecified atom stereocenters. The van der Waals surface area contributed by atoms with Gasteiger partial charge in [-0.2, -0.15) is 5.10 Å². The number of aromatic amines is 1. The third-order valence-corrected chi connectivity index (χ3v) is 4.61. The van der Waals surface area contributed by atoms with E-state index >= 15 is 0 Å². The molecule has 19 heavy (non-hydrogen) atoms. The lowest BCUT2D eigenvalue weighted by atomic mass is 10.1. The monoisotopic (exact) mass is 283 g/mol. The molecule has 6 nitrogen and oxygen atoms in total. The Morgan fingerprint density at radius 2 is 2.26 bits per heavy atom. The minimum atomic E-state index is -3.12. The van der Waals surface area contributed by atoms with Crippen molar-refractivity contribution >= 4 is 15.7 Å². The van der Waals surface area contributed by atoms with Gasteiger partial charge >= 0.3 is 0 Å². The van der Waals surface area contributed by atoms with Crippen LogP contribution in [0.1, 0.15) is 23.4 Å². The molecule has 2 N–H and O–H groups in total. The molecule has 1 aliphatic heterocycles. The maximum absolute atomic E-state index is 11.7. The summed E-state index contributed by atoms with van der Waals surface area (Å²) < 4.78 is 22.4. The molecule has 0 spiro atoms. The normalized spacial score (nSPS) is 20.6. The molecular formula is C12H17N3O3S. The lowest BCUT2D eigenvalue weighted by Gasteiger charge is -2.09. The smallest absolute Gasteiger partial charge is 0.220 e. The maximum atomic E-state index is 11.7. The molecular weight excluding hydrogens is 266 g/mol. The first kappa shape index (κ1) is 13.8. The Kier molecular flexibility index (Phi) is 3.75. The van der Waals surface area contributed by atoms with Crippen LogP contribution < -0.4 is 5.32 Å². The molecule has 0 saturated carbocycles. The quantitative estimate of drug-likeness (QED) is 0.836. The van der Waals surface area contributed by atoms with Gasteiger partial charge < -0.3 is 5.32 Å². The van der Waals surface area contributed by atoms with Gasteiger partial charge in [0, 0.05) is 23.9 Å². The van der Waals surface area contributed by atoms with Crippen molar-refractivity contribution in [3.8, 4) is 0 Å². The standard InChI is InChI=1S/C12H17N3O3S/c1-8-9(2)14-15-11(8)3-4-12(16)13-10-5-6-19(17,18)7-10/h5-6,10H,3-4,7H2,1-2H3,(H,13,16)(H,14,15)/t10-/m0/s1. The van der Waals surface area contributed by atoms with Gasteiger partial charge in [-0.3, -0.25) is 9.89 Å². The molecule has 1 aliphatic rings. The van der Waals surface area contributed by atoms with Gasteiger partial charge in [0.05, 0.1) is 17.5 Å². The molecule has 1 aromatic rings. The van der Waals surface area contributed by atoms with Gasteiger partial charge in [-0.15, -0.1) is 0 Å². The summed E-state index contributed by atoms with van der Waals surface area (Å²) in [6.07, 6.45) is 2.36. The molecule has 1 atom stereocenters. The molecule has 0 fully saturated rings. The maximum Gasteiger partial charge on any atom is 0.220 e. The first-order valence-electron chi connectivity index (χ1n) is 6.08. The number of aryl methyl sites for hydroxylation is 2. The average Bonchev–Trinajstić information content (AvgIpc) is 2.82. The molecule has 0 aromatic carbocycles. The van der Waals surface area contributed by atoms with Crippen molar-refractivity contribution in [3.63, 3.8) is 0 Å². The van der Waals surface area contributed by atoms with Crippen molar-refractivity contribution in [1.82, 2.24) is 15.5 Å².